The van der Waals surface area contributed by atoms with Crippen molar-refractivity contribution >= 4 is 0 Å². The van der Waals surface area contributed by atoms with Gasteiger partial charge in [0.15, 0.2) is 0 Å². The second-order valence-corrected chi connectivity index (χ2v) is 6.02. The minimum absolute atomic E-state index is 0.0884. The Morgan fingerprint density at radius 2 is 1.81 bits per heavy atom. The number of hydrogen-bond acceptors (Lipinski definition) is 3. The Morgan fingerprint density at radius 3 is 2.33 bits per heavy atom. The highest BCUT2D eigenvalue weighted by Crippen LogP contribution is 2.19. The fourth-order valence-corrected chi connectivity index (χ4v) is 2.22. The van der Waals surface area contributed by atoms with E-state index in [9.17, 15) is 4.79 Å². The van der Waals surface area contributed by atoms with Crippen molar-refractivity contribution in [3.63, 3.8) is 0 Å². The summed E-state index contributed by atoms with van der Waals surface area (Å²) < 4.78 is 1.54. The molecule has 4 heteroatoms. The normalized spacial score (nSPS) is 12.7. The fourth-order valence-electron chi connectivity index (χ4n) is 2.22. The first-order valence-corrected chi connectivity index (χ1v) is 7.33. The zero-order valence-corrected chi connectivity index (χ0v) is 13.1. The third kappa shape index (κ3) is 3.58. The molecule has 1 aromatic carbocycles. The minimum Gasteiger partial charge on any atom is -0.324 e. The van der Waals surface area contributed by atoms with E-state index >= 15 is 0 Å². The van der Waals surface area contributed by atoms with Crippen molar-refractivity contribution in [1.29, 1.82) is 0 Å². The van der Waals surface area contributed by atoms with Gasteiger partial charge in [-0.3, -0.25) is 4.79 Å². The van der Waals surface area contributed by atoms with Crippen LogP contribution < -0.4 is 11.3 Å². The molecule has 1 unspecified atom stereocenters. The van der Waals surface area contributed by atoms with Crippen LogP contribution in [0.15, 0.2) is 35.1 Å². The largest absolute Gasteiger partial charge is 0.324 e. The molecule has 0 aliphatic rings. The van der Waals surface area contributed by atoms with Crippen LogP contribution in [-0.2, 0) is 6.54 Å². The summed E-state index contributed by atoms with van der Waals surface area (Å²) in [6, 6.07) is 9.64. The number of aryl methyl sites for hydroxylation is 1. The molecule has 21 heavy (non-hydrogen) atoms. The highest BCUT2D eigenvalue weighted by molar-refractivity contribution is 5.59. The molecule has 0 saturated heterocycles. The van der Waals surface area contributed by atoms with E-state index in [-0.39, 0.29) is 11.6 Å². The minimum atomic E-state index is -0.303. The van der Waals surface area contributed by atoms with Crippen LogP contribution in [0, 0.1) is 12.8 Å². The summed E-state index contributed by atoms with van der Waals surface area (Å²) in [5.41, 5.74) is 9.46. The molecular weight excluding hydrogens is 262 g/mol. The topological polar surface area (TPSA) is 60.9 Å². The molecular formula is C17H23N3O. The molecule has 0 bridgehead atoms. The van der Waals surface area contributed by atoms with Gasteiger partial charge < -0.3 is 5.73 Å². The first-order valence-electron chi connectivity index (χ1n) is 7.33. The SMILES string of the molecule is Cc1ccc(-c2cc(C(C)N)c(=O)n(CC(C)C)n2)cc1. The predicted octanol–water partition coefficient (Wildman–Crippen LogP) is 2.89. The van der Waals surface area contributed by atoms with Crippen molar-refractivity contribution in [2.75, 3.05) is 0 Å². The molecule has 2 N–H and O–H groups in total. The van der Waals surface area contributed by atoms with Gasteiger partial charge in [-0.2, -0.15) is 5.10 Å². The molecule has 1 atom stereocenters. The first-order chi connectivity index (χ1) is 9.88. The standard InChI is InChI=1S/C17H23N3O/c1-11(2)10-20-17(21)15(13(4)18)9-16(19-20)14-7-5-12(3)6-8-14/h5-9,11,13H,10,18H2,1-4H3. The van der Waals surface area contributed by atoms with Gasteiger partial charge in [-0.05, 0) is 25.8 Å². The van der Waals surface area contributed by atoms with E-state index in [0.29, 0.717) is 18.0 Å². The Morgan fingerprint density at radius 1 is 1.19 bits per heavy atom. The van der Waals surface area contributed by atoms with E-state index in [2.05, 4.69) is 18.9 Å². The van der Waals surface area contributed by atoms with Crippen LogP contribution in [0.5, 0.6) is 0 Å². The first kappa shape index (κ1) is 15.4. The van der Waals surface area contributed by atoms with Crippen molar-refractivity contribution in [2.24, 2.45) is 11.7 Å². The van der Waals surface area contributed by atoms with Gasteiger partial charge in [-0.1, -0.05) is 43.7 Å². The molecule has 0 amide bonds. The number of aromatic nitrogens is 2. The molecule has 2 aromatic rings. The molecule has 0 fully saturated rings. The third-order valence-electron chi connectivity index (χ3n) is 3.38. The Bertz CT molecular complexity index is 669. The molecule has 1 heterocycles. The van der Waals surface area contributed by atoms with E-state index in [0.717, 1.165) is 11.3 Å². The maximum absolute atomic E-state index is 12.4. The van der Waals surface area contributed by atoms with Gasteiger partial charge in [0.1, 0.15) is 0 Å². The molecule has 2 rings (SSSR count). The molecule has 0 saturated carbocycles. The maximum Gasteiger partial charge on any atom is 0.271 e. The lowest BCUT2D eigenvalue weighted by molar-refractivity contribution is 0.460. The lowest BCUT2D eigenvalue weighted by atomic mass is 10.1. The number of hydrogen-bond donors (Lipinski definition) is 1. The Hall–Kier alpha value is -1.94. The molecule has 1 aromatic heterocycles. The molecule has 0 radical (unpaired) electrons. The average molecular weight is 285 g/mol. The number of benzene rings is 1. The van der Waals surface area contributed by atoms with Crippen LogP contribution >= 0.6 is 0 Å². The van der Waals surface area contributed by atoms with Crippen molar-refractivity contribution in [3.8, 4) is 11.3 Å². The fraction of sp³-hybridized carbons (Fsp3) is 0.412. The van der Waals surface area contributed by atoms with Crippen LogP contribution in [0.4, 0.5) is 0 Å². The smallest absolute Gasteiger partial charge is 0.271 e. The van der Waals surface area contributed by atoms with Gasteiger partial charge in [0.25, 0.3) is 5.56 Å². The lowest BCUT2D eigenvalue weighted by Crippen LogP contribution is -2.31. The quantitative estimate of drug-likeness (QED) is 0.939. The summed E-state index contributed by atoms with van der Waals surface area (Å²) >= 11 is 0. The van der Waals surface area contributed by atoms with Gasteiger partial charge in [0.2, 0.25) is 0 Å². The van der Waals surface area contributed by atoms with Crippen LogP contribution in [0.25, 0.3) is 11.3 Å². The lowest BCUT2D eigenvalue weighted by Gasteiger charge is -2.14. The summed E-state index contributed by atoms with van der Waals surface area (Å²) in [5, 5.41) is 4.50. The number of nitrogens with two attached hydrogens (primary N) is 1. The molecule has 0 aliphatic carbocycles. The van der Waals surface area contributed by atoms with Crippen molar-refractivity contribution in [1.82, 2.24) is 9.78 Å². The van der Waals surface area contributed by atoms with Gasteiger partial charge in [0, 0.05) is 23.7 Å². The highest BCUT2D eigenvalue weighted by Gasteiger charge is 2.13. The van der Waals surface area contributed by atoms with Crippen molar-refractivity contribution < 1.29 is 0 Å². The Kier molecular flexibility index (Phi) is 4.58. The van der Waals surface area contributed by atoms with E-state index in [1.54, 1.807) is 4.68 Å². The van der Waals surface area contributed by atoms with Gasteiger partial charge >= 0.3 is 0 Å². The van der Waals surface area contributed by atoms with Gasteiger partial charge in [-0.15, -0.1) is 0 Å². The number of nitrogens with zero attached hydrogens (tertiary/aromatic N) is 2. The predicted molar refractivity (Wildman–Crippen MR) is 86.1 cm³/mol. The van der Waals surface area contributed by atoms with Crippen LogP contribution in [0.1, 0.15) is 37.9 Å². The van der Waals surface area contributed by atoms with E-state index in [1.807, 2.05) is 44.2 Å². The summed E-state index contributed by atoms with van der Waals surface area (Å²) in [4.78, 5) is 12.4. The average Bonchev–Trinajstić information content (AvgIpc) is 2.41. The van der Waals surface area contributed by atoms with Crippen LogP contribution in [0.3, 0.4) is 0 Å². The molecule has 112 valence electrons. The Labute approximate surface area is 125 Å². The van der Waals surface area contributed by atoms with E-state index < -0.39 is 0 Å². The van der Waals surface area contributed by atoms with Crippen LogP contribution in [0.2, 0.25) is 0 Å². The molecule has 4 nitrogen and oxygen atoms in total. The van der Waals surface area contributed by atoms with Crippen LogP contribution in [-0.4, -0.2) is 9.78 Å². The maximum atomic E-state index is 12.4. The summed E-state index contributed by atoms with van der Waals surface area (Å²) in [5.74, 6) is 0.351. The zero-order valence-electron chi connectivity index (χ0n) is 13.1. The highest BCUT2D eigenvalue weighted by atomic mass is 16.1. The summed E-state index contributed by atoms with van der Waals surface area (Å²) in [6.07, 6.45) is 0. The molecule has 0 spiro atoms. The monoisotopic (exact) mass is 285 g/mol. The van der Waals surface area contributed by atoms with E-state index in [1.165, 1.54) is 5.56 Å². The molecule has 0 aliphatic heterocycles. The number of rotatable bonds is 4. The summed E-state index contributed by atoms with van der Waals surface area (Å²) in [6.45, 7) is 8.61. The Balaban J connectivity index is 2.58. The third-order valence-corrected chi connectivity index (χ3v) is 3.38. The van der Waals surface area contributed by atoms with Gasteiger partial charge in [0.05, 0.1) is 5.69 Å². The second-order valence-electron chi connectivity index (χ2n) is 6.02. The van der Waals surface area contributed by atoms with Crippen molar-refractivity contribution in [2.45, 2.75) is 40.3 Å². The van der Waals surface area contributed by atoms with Crippen molar-refractivity contribution in [3.05, 3.63) is 51.8 Å². The summed E-state index contributed by atoms with van der Waals surface area (Å²) in [7, 11) is 0. The van der Waals surface area contributed by atoms with E-state index in [4.69, 9.17) is 5.73 Å². The zero-order chi connectivity index (χ0) is 15.6. The van der Waals surface area contributed by atoms with Gasteiger partial charge in [-0.25, -0.2) is 4.68 Å². The second kappa shape index (κ2) is 6.22.